The topological polar surface area (TPSA) is 125 Å². The molecule has 0 radical (unpaired) electrons. The van der Waals surface area contributed by atoms with Crippen molar-refractivity contribution in [2.45, 2.75) is 18.9 Å². The molecule has 1 atom stereocenters. The second kappa shape index (κ2) is 13.3. The molecule has 144 valence electrons. The molecule has 2 N–H and O–H groups in total. The zero-order valence-electron chi connectivity index (χ0n) is 14.2. The standard InChI is InChI=1S/C10H14N2.2C3H4O3S/c1-12-7-3-5-10(12)9-4-2-6-11-8-9;2*4-2(1-7)3(5)6/h2,4,6,8,10H,3,5,7H2,1H3;2*7H,1H2,(H,5,6). The number of likely N-dealkylation sites (tertiary alicyclic amines) is 1. The van der Waals surface area contributed by atoms with E-state index in [2.05, 4.69) is 48.3 Å². The lowest BCUT2D eigenvalue weighted by Gasteiger charge is -2.18. The van der Waals surface area contributed by atoms with E-state index in [0.29, 0.717) is 6.04 Å². The highest BCUT2D eigenvalue weighted by Gasteiger charge is 2.21. The van der Waals surface area contributed by atoms with Crippen molar-refractivity contribution in [2.75, 3.05) is 25.1 Å². The second-order valence-corrected chi connectivity index (χ2v) is 5.83. The molecule has 0 aliphatic carbocycles. The highest BCUT2D eigenvalue weighted by Crippen LogP contribution is 2.29. The van der Waals surface area contributed by atoms with E-state index in [1.165, 1.54) is 24.9 Å². The van der Waals surface area contributed by atoms with Gasteiger partial charge in [-0.2, -0.15) is 25.3 Å². The van der Waals surface area contributed by atoms with Crippen LogP contribution in [0.4, 0.5) is 0 Å². The van der Waals surface area contributed by atoms with Gasteiger partial charge in [0, 0.05) is 18.4 Å². The Morgan fingerprint density at radius 3 is 1.96 bits per heavy atom. The third-order valence-electron chi connectivity index (χ3n) is 3.35. The third-order valence-corrected chi connectivity index (χ3v) is 3.93. The summed E-state index contributed by atoms with van der Waals surface area (Å²) >= 11 is 6.85. The quantitative estimate of drug-likeness (QED) is 0.424. The van der Waals surface area contributed by atoms with Crippen molar-refractivity contribution in [3.05, 3.63) is 30.1 Å². The fraction of sp³-hybridized carbons (Fsp3) is 0.438. The lowest BCUT2D eigenvalue weighted by Crippen LogP contribution is -2.17. The number of Topliss-reactive ketones (excluding diaryl/α,β-unsaturated/α-hetero) is 2. The Morgan fingerprint density at radius 2 is 1.69 bits per heavy atom. The normalized spacial score (nSPS) is 15.7. The van der Waals surface area contributed by atoms with Crippen LogP contribution in [0.1, 0.15) is 24.4 Å². The molecule has 0 aromatic carbocycles. The molecule has 2 heterocycles. The minimum atomic E-state index is -1.42. The molecule has 8 nitrogen and oxygen atoms in total. The number of hydrogen-bond acceptors (Lipinski definition) is 8. The van der Waals surface area contributed by atoms with Gasteiger partial charge in [0.2, 0.25) is 11.6 Å². The van der Waals surface area contributed by atoms with Crippen molar-refractivity contribution in [3.8, 4) is 0 Å². The monoisotopic (exact) mass is 402 g/mol. The molecular weight excluding hydrogens is 380 g/mol. The Labute approximate surface area is 162 Å². The number of carbonyl (C=O) groups is 4. The molecule has 0 saturated carbocycles. The molecule has 1 unspecified atom stereocenters. The van der Waals surface area contributed by atoms with E-state index in [0.717, 1.165) is 0 Å². The molecule has 0 spiro atoms. The fourth-order valence-corrected chi connectivity index (χ4v) is 2.31. The van der Waals surface area contributed by atoms with Crippen LogP contribution in [-0.4, -0.2) is 68.7 Å². The molecule has 0 amide bonds. The van der Waals surface area contributed by atoms with Crippen LogP contribution in [-0.2, 0) is 19.2 Å². The van der Waals surface area contributed by atoms with Gasteiger partial charge in [-0.15, -0.1) is 0 Å². The molecule has 1 aromatic heterocycles. The highest BCUT2D eigenvalue weighted by atomic mass is 32.1. The zero-order chi connectivity index (χ0) is 20.1. The van der Waals surface area contributed by atoms with Gasteiger partial charge in [0.15, 0.2) is 0 Å². The first-order chi connectivity index (χ1) is 12.2. The molecule has 26 heavy (non-hydrogen) atoms. The SMILES string of the molecule is CN1CCCC1c1cccnc1.O=C(O)C(=O)CS.O=C(O)C(=O)CS. The fourth-order valence-electron chi connectivity index (χ4n) is 2.04. The Balaban J connectivity index is 0.000000390. The van der Waals surface area contributed by atoms with Gasteiger partial charge < -0.3 is 10.2 Å². The number of carbonyl (C=O) groups excluding carboxylic acids is 2. The number of nitrogens with zero attached hydrogens (tertiary/aromatic N) is 2. The number of aromatic nitrogens is 1. The van der Waals surface area contributed by atoms with Crippen LogP contribution in [0.3, 0.4) is 0 Å². The Morgan fingerprint density at radius 1 is 1.15 bits per heavy atom. The van der Waals surface area contributed by atoms with E-state index >= 15 is 0 Å². The molecule has 1 aliphatic heterocycles. The zero-order valence-corrected chi connectivity index (χ0v) is 16.0. The average Bonchev–Trinajstić information content (AvgIpc) is 3.07. The van der Waals surface area contributed by atoms with E-state index in [9.17, 15) is 19.2 Å². The first-order valence-electron chi connectivity index (χ1n) is 7.58. The van der Waals surface area contributed by atoms with Crippen molar-refractivity contribution >= 4 is 48.8 Å². The minimum absolute atomic E-state index is 0.227. The lowest BCUT2D eigenvalue weighted by atomic mass is 10.1. The van der Waals surface area contributed by atoms with Gasteiger partial charge in [-0.25, -0.2) is 9.59 Å². The summed E-state index contributed by atoms with van der Waals surface area (Å²) in [6.45, 7) is 1.22. The Hall–Kier alpha value is -1.91. The summed E-state index contributed by atoms with van der Waals surface area (Å²) in [7, 11) is 2.19. The van der Waals surface area contributed by atoms with E-state index in [1.54, 1.807) is 0 Å². The predicted molar refractivity (Wildman–Crippen MR) is 102 cm³/mol. The first kappa shape index (κ1) is 24.1. The summed E-state index contributed by atoms with van der Waals surface area (Å²) in [4.78, 5) is 45.3. The number of thiol groups is 2. The number of pyridine rings is 1. The van der Waals surface area contributed by atoms with Gasteiger partial charge in [-0.1, -0.05) is 6.07 Å². The third kappa shape index (κ3) is 9.54. The van der Waals surface area contributed by atoms with Crippen LogP contribution in [0.25, 0.3) is 0 Å². The van der Waals surface area contributed by atoms with Gasteiger partial charge in [0.25, 0.3) is 0 Å². The molecular formula is C16H22N2O6S2. The van der Waals surface area contributed by atoms with Crippen LogP contribution in [0, 0.1) is 0 Å². The maximum absolute atomic E-state index is 9.84. The molecule has 1 saturated heterocycles. The maximum Gasteiger partial charge on any atom is 0.373 e. The smallest absolute Gasteiger partial charge is 0.373 e. The van der Waals surface area contributed by atoms with Crippen molar-refractivity contribution in [2.24, 2.45) is 0 Å². The molecule has 1 aliphatic rings. The van der Waals surface area contributed by atoms with Crippen LogP contribution >= 0.6 is 25.3 Å². The first-order valence-corrected chi connectivity index (χ1v) is 8.85. The average molecular weight is 402 g/mol. The number of rotatable bonds is 5. The van der Waals surface area contributed by atoms with Crippen LogP contribution in [0.5, 0.6) is 0 Å². The highest BCUT2D eigenvalue weighted by molar-refractivity contribution is 7.81. The number of carboxylic acid groups (broad SMARTS) is 2. The van der Waals surface area contributed by atoms with Crippen molar-refractivity contribution in [3.63, 3.8) is 0 Å². The molecule has 2 rings (SSSR count). The largest absolute Gasteiger partial charge is 0.475 e. The van der Waals surface area contributed by atoms with Crippen LogP contribution in [0.15, 0.2) is 24.5 Å². The van der Waals surface area contributed by atoms with Gasteiger partial charge >= 0.3 is 11.9 Å². The summed E-state index contributed by atoms with van der Waals surface area (Å²) < 4.78 is 0. The molecule has 10 heteroatoms. The Kier molecular flexibility index (Phi) is 12.3. The van der Waals surface area contributed by atoms with E-state index in [4.69, 9.17) is 10.2 Å². The van der Waals surface area contributed by atoms with Crippen LogP contribution in [0.2, 0.25) is 0 Å². The van der Waals surface area contributed by atoms with Crippen molar-refractivity contribution in [1.82, 2.24) is 9.88 Å². The molecule has 1 fully saturated rings. The van der Waals surface area contributed by atoms with Crippen LogP contribution < -0.4 is 0 Å². The lowest BCUT2D eigenvalue weighted by molar-refractivity contribution is -0.147. The molecule has 1 aromatic rings. The number of hydrogen-bond donors (Lipinski definition) is 4. The summed E-state index contributed by atoms with van der Waals surface area (Å²) in [5, 5.41) is 15.6. The summed E-state index contributed by atoms with van der Waals surface area (Å²) in [6.07, 6.45) is 6.41. The van der Waals surface area contributed by atoms with Crippen molar-refractivity contribution in [1.29, 1.82) is 0 Å². The van der Waals surface area contributed by atoms with E-state index < -0.39 is 23.5 Å². The minimum Gasteiger partial charge on any atom is -0.475 e. The summed E-state index contributed by atoms with van der Waals surface area (Å²) in [5.74, 6) is -5.04. The van der Waals surface area contributed by atoms with E-state index in [-0.39, 0.29) is 11.5 Å². The second-order valence-electron chi connectivity index (χ2n) is 5.20. The summed E-state index contributed by atoms with van der Waals surface area (Å²) in [5.41, 5.74) is 1.36. The number of ketones is 2. The predicted octanol–water partition coefficient (Wildman–Crippen LogP) is 0.988. The van der Waals surface area contributed by atoms with Gasteiger partial charge in [0.05, 0.1) is 11.5 Å². The molecule has 0 bridgehead atoms. The Bertz CT molecular complexity index is 586. The van der Waals surface area contributed by atoms with Gasteiger partial charge in [-0.05, 0) is 38.1 Å². The maximum atomic E-state index is 9.84. The van der Waals surface area contributed by atoms with Gasteiger partial charge in [-0.3, -0.25) is 19.5 Å². The number of carboxylic acids is 2. The van der Waals surface area contributed by atoms with E-state index in [1.807, 2.05) is 18.5 Å². The summed E-state index contributed by atoms with van der Waals surface area (Å²) in [6, 6.07) is 4.79. The van der Waals surface area contributed by atoms with Crippen molar-refractivity contribution < 1.29 is 29.4 Å². The van der Waals surface area contributed by atoms with Gasteiger partial charge in [0.1, 0.15) is 0 Å². The number of aliphatic carboxylic acids is 2.